The van der Waals surface area contributed by atoms with Crippen LogP contribution in [0.1, 0.15) is 37.5 Å². The largest absolute Gasteiger partial charge is 0.393 e. The minimum atomic E-state index is -0.179. The monoisotopic (exact) mass is 382 g/mol. The van der Waals surface area contributed by atoms with Crippen LogP contribution in [-0.2, 0) is 0 Å². The highest BCUT2D eigenvalue weighted by Gasteiger charge is 2.20. The molecule has 1 fully saturated rings. The molecule has 8 nitrogen and oxygen atoms in total. The van der Waals surface area contributed by atoms with Gasteiger partial charge in [-0.25, -0.2) is 0 Å². The van der Waals surface area contributed by atoms with Crippen LogP contribution in [0, 0.1) is 0 Å². The molecule has 148 valence electrons. The number of carbonyl (C=O) groups excluding carboxylic acids is 1. The average Bonchev–Trinajstić information content (AvgIpc) is 3.12. The van der Waals surface area contributed by atoms with Crippen molar-refractivity contribution in [1.29, 1.82) is 0 Å². The van der Waals surface area contributed by atoms with E-state index in [9.17, 15) is 9.90 Å². The Morgan fingerprint density at radius 3 is 2.75 bits per heavy atom. The molecule has 28 heavy (non-hydrogen) atoms. The molecule has 2 aromatic heterocycles. The summed E-state index contributed by atoms with van der Waals surface area (Å²) >= 11 is 0. The summed E-state index contributed by atoms with van der Waals surface area (Å²) in [6.07, 6.45) is 3.33. The molecule has 4 N–H and O–H groups in total. The van der Waals surface area contributed by atoms with Gasteiger partial charge in [-0.3, -0.25) is 4.79 Å². The Morgan fingerprint density at radius 2 is 1.96 bits per heavy atom. The summed E-state index contributed by atoms with van der Waals surface area (Å²) in [4.78, 5) is 16.3. The smallest absolute Gasteiger partial charge is 0.251 e. The Balaban J connectivity index is 0.00000240. The lowest BCUT2D eigenvalue weighted by molar-refractivity contribution is 0.0963. The standard InChI is InChI=1S/C20H24N6O2.H2/c1-21-19(28)13-4-2-5-15(12-13)23-20-24-18-7-3-6-17(26(18)25-20)22-14-8-10-16(27)11-9-14;/h2-7,12,14,16,22,27H,8-11H2,1H3,(H,21,28)(H,23,25);1H. The average molecular weight is 382 g/mol. The molecule has 8 heteroatoms. The first-order valence-electron chi connectivity index (χ1n) is 9.52. The predicted molar refractivity (Wildman–Crippen MR) is 110 cm³/mol. The maximum atomic E-state index is 11.8. The number of hydrogen-bond acceptors (Lipinski definition) is 6. The number of aromatic nitrogens is 3. The van der Waals surface area contributed by atoms with Crippen molar-refractivity contribution in [2.45, 2.75) is 37.8 Å². The van der Waals surface area contributed by atoms with Gasteiger partial charge in [0.1, 0.15) is 5.82 Å². The highest BCUT2D eigenvalue weighted by atomic mass is 16.3. The van der Waals surface area contributed by atoms with E-state index in [0.29, 0.717) is 17.6 Å². The van der Waals surface area contributed by atoms with Crippen LogP contribution in [0.5, 0.6) is 0 Å². The predicted octanol–water partition coefficient (Wildman–Crippen LogP) is 2.79. The van der Waals surface area contributed by atoms with Crippen LogP contribution in [-0.4, -0.2) is 44.8 Å². The fraction of sp³-hybridized carbons (Fsp3) is 0.350. The molecule has 1 aliphatic rings. The van der Waals surface area contributed by atoms with Gasteiger partial charge in [-0.05, 0) is 56.0 Å². The molecule has 0 unspecified atom stereocenters. The fourth-order valence-corrected chi connectivity index (χ4v) is 3.51. The van der Waals surface area contributed by atoms with Gasteiger partial charge in [-0.2, -0.15) is 9.50 Å². The normalized spacial score (nSPS) is 19.4. The van der Waals surface area contributed by atoms with E-state index in [4.69, 9.17) is 0 Å². The van der Waals surface area contributed by atoms with E-state index in [1.54, 1.807) is 23.7 Å². The Morgan fingerprint density at radius 1 is 1.18 bits per heavy atom. The molecule has 0 radical (unpaired) electrons. The highest BCUT2D eigenvalue weighted by molar-refractivity contribution is 5.95. The van der Waals surface area contributed by atoms with E-state index < -0.39 is 0 Å². The minimum absolute atomic E-state index is 0. The summed E-state index contributed by atoms with van der Waals surface area (Å²) in [5, 5.41) is 23.6. The van der Waals surface area contributed by atoms with Crippen LogP contribution in [0.4, 0.5) is 17.5 Å². The number of nitrogens with one attached hydrogen (secondary N) is 3. The lowest BCUT2D eigenvalue weighted by Crippen LogP contribution is -2.29. The van der Waals surface area contributed by atoms with Gasteiger partial charge in [0.15, 0.2) is 5.65 Å². The third-order valence-electron chi connectivity index (χ3n) is 5.02. The summed E-state index contributed by atoms with van der Waals surface area (Å²) in [7, 11) is 1.60. The van der Waals surface area contributed by atoms with E-state index >= 15 is 0 Å². The van der Waals surface area contributed by atoms with Crippen LogP contribution >= 0.6 is 0 Å². The van der Waals surface area contributed by atoms with Crippen LogP contribution in [0.25, 0.3) is 5.65 Å². The number of benzene rings is 1. The third-order valence-corrected chi connectivity index (χ3v) is 5.02. The van der Waals surface area contributed by atoms with Crippen LogP contribution in [0.3, 0.4) is 0 Å². The summed E-state index contributed by atoms with van der Waals surface area (Å²) in [6, 6.07) is 13.3. The molecular weight excluding hydrogens is 356 g/mol. The SMILES string of the molecule is CNC(=O)c1cccc(Nc2nc3cccc(NC4CCC(O)CC4)n3n2)c1.[HH]. The van der Waals surface area contributed by atoms with Crippen LogP contribution in [0.15, 0.2) is 42.5 Å². The molecular formula is C20H26N6O2. The first kappa shape index (κ1) is 18.2. The number of aliphatic hydroxyl groups excluding tert-OH is 1. The first-order chi connectivity index (χ1) is 13.6. The highest BCUT2D eigenvalue weighted by Crippen LogP contribution is 2.23. The van der Waals surface area contributed by atoms with E-state index in [1.165, 1.54) is 0 Å². The molecule has 1 aromatic carbocycles. The second kappa shape index (κ2) is 7.85. The lowest BCUT2D eigenvalue weighted by Gasteiger charge is -2.26. The Kier molecular flexibility index (Phi) is 5.12. The number of carbonyl (C=O) groups is 1. The van der Waals surface area contributed by atoms with Gasteiger partial charge in [0, 0.05) is 25.8 Å². The van der Waals surface area contributed by atoms with Crippen molar-refractivity contribution in [1.82, 2.24) is 19.9 Å². The van der Waals surface area contributed by atoms with Crippen LogP contribution < -0.4 is 16.0 Å². The number of hydrogen-bond donors (Lipinski definition) is 4. The lowest BCUT2D eigenvalue weighted by atomic mass is 9.93. The van der Waals surface area contributed by atoms with Crippen molar-refractivity contribution < 1.29 is 11.3 Å². The molecule has 0 bridgehead atoms. The number of fused-ring (bicyclic) bond motifs is 1. The van der Waals surface area contributed by atoms with Gasteiger partial charge >= 0.3 is 0 Å². The van der Waals surface area contributed by atoms with Crippen molar-refractivity contribution in [3.63, 3.8) is 0 Å². The van der Waals surface area contributed by atoms with Gasteiger partial charge in [0.25, 0.3) is 5.91 Å². The quantitative estimate of drug-likeness (QED) is 0.541. The van der Waals surface area contributed by atoms with Crippen molar-refractivity contribution in [3.8, 4) is 0 Å². The molecule has 1 saturated carbocycles. The molecule has 3 aromatic rings. The van der Waals surface area contributed by atoms with Crippen molar-refractivity contribution in [2.75, 3.05) is 17.7 Å². The molecule has 4 rings (SSSR count). The molecule has 0 saturated heterocycles. The Labute approximate surface area is 164 Å². The Hall–Kier alpha value is -3.13. The minimum Gasteiger partial charge on any atom is -0.393 e. The third kappa shape index (κ3) is 3.91. The second-order valence-corrected chi connectivity index (χ2v) is 7.05. The van der Waals surface area contributed by atoms with Gasteiger partial charge in [-0.15, -0.1) is 5.10 Å². The molecule has 2 heterocycles. The van der Waals surface area contributed by atoms with Gasteiger partial charge in [-0.1, -0.05) is 12.1 Å². The van der Waals surface area contributed by atoms with Gasteiger partial charge in [0.05, 0.1) is 6.10 Å². The maximum Gasteiger partial charge on any atom is 0.251 e. The summed E-state index contributed by atoms with van der Waals surface area (Å²) in [6.45, 7) is 0. The molecule has 1 amide bonds. The van der Waals surface area contributed by atoms with E-state index in [1.807, 2.05) is 30.3 Å². The second-order valence-electron chi connectivity index (χ2n) is 7.05. The van der Waals surface area contributed by atoms with Gasteiger partial charge < -0.3 is 21.1 Å². The van der Waals surface area contributed by atoms with E-state index in [-0.39, 0.29) is 13.4 Å². The molecule has 0 spiro atoms. The van der Waals surface area contributed by atoms with E-state index in [2.05, 4.69) is 26.0 Å². The van der Waals surface area contributed by atoms with Crippen LogP contribution in [0.2, 0.25) is 0 Å². The number of pyridine rings is 1. The number of amides is 1. The first-order valence-corrected chi connectivity index (χ1v) is 9.52. The van der Waals surface area contributed by atoms with Crippen molar-refractivity contribution in [3.05, 3.63) is 48.0 Å². The topological polar surface area (TPSA) is 104 Å². The summed E-state index contributed by atoms with van der Waals surface area (Å²) in [5.41, 5.74) is 2.04. The zero-order valence-corrected chi connectivity index (χ0v) is 15.7. The summed E-state index contributed by atoms with van der Waals surface area (Å²) < 4.78 is 1.77. The van der Waals surface area contributed by atoms with Crippen molar-refractivity contribution >= 4 is 29.0 Å². The zero-order chi connectivity index (χ0) is 19.5. The van der Waals surface area contributed by atoms with Crippen molar-refractivity contribution in [2.24, 2.45) is 0 Å². The Bertz CT molecular complexity index is 984. The number of nitrogens with zero attached hydrogens (tertiary/aromatic N) is 3. The van der Waals surface area contributed by atoms with E-state index in [0.717, 1.165) is 42.8 Å². The number of anilines is 3. The maximum absolute atomic E-state index is 11.8. The molecule has 1 aliphatic carbocycles. The number of aliphatic hydroxyl groups is 1. The molecule has 0 aliphatic heterocycles. The summed E-state index contributed by atoms with van der Waals surface area (Å²) in [5.74, 6) is 1.19. The zero-order valence-electron chi connectivity index (χ0n) is 15.7. The fourth-order valence-electron chi connectivity index (χ4n) is 3.51. The number of rotatable bonds is 5. The van der Waals surface area contributed by atoms with Gasteiger partial charge in [0.2, 0.25) is 5.95 Å². The molecule has 0 atom stereocenters.